The Morgan fingerprint density at radius 3 is 2.78 bits per heavy atom. The lowest BCUT2D eigenvalue weighted by atomic mass is 9.74. The van der Waals surface area contributed by atoms with Crippen LogP contribution >= 0.6 is 0 Å². The minimum Gasteiger partial charge on any atom is -0.378 e. The Morgan fingerprint density at radius 2 is 2.17 bits per heavy atom. The van der Waals surface area contributed by atoms with E-state index in [0.29, 0.717) is 5.41 Å². The minimum absolute atomic E-state index is 0.192. The number of hydrogen-bond acceptors (Lipinski definition) is 3. The van der Waals surface area contributed by atoms with Crippen LogP contribution in [0.3, 0.4) is 0 Å². The first-order valence-corrected chi connectivity index (χ1v) is 7.45. The normalized spacial score (nSPS) is 30.3. The largest absolute Gasteiger partial charge is 0.378 e. The molecule has 0 radical (unpaired) electrons. The molecule has 1 N–H and O–H groups in total. The van der Waals surface area contributed by atoms with Gasteiger partial charge in [0.1, 0.15) is 0 Å². The predicted molar refractivity (Wildman–Crippen MR) is 75.8 cm³/mol. The van der Waals surface area contributed by atoms with Crippen LogP contribution in [0.4, 0.5) is 0 Å². The van der Waals surface area contributed by atoms with Crippen LogP contribution in [-0.2, 0) is 4.74 Å². The summed E-state index contributed by atoms with van der Waals surface area (Å²) in [4.78, 5) is 2.63. The molecule has 3 nitrogen and oxygen atoms in total. The van der Waals surface area contributed by atoms with E-state index >= 15 is 0 Å². The smallest absolute Gasteiger partial charge is 0.0645 e. The van der Waals surface area contributed by atoms with Crippen LogP contribution in [0.15, 0.2) is 0 Å². The highest BCUT2D eigenvalue weighted by atomic mass is 16.5. The first kappa shape index (κ1) is 14.3. The van der Waals surface area contributed by atoms with Gasteiger partial charge in [-0.15, -0.1) is 0 Å². The quantitative estimate of drug-likeness (QED) is 0.835. The fourth-order valence-corrected chi connectivity index (χ4v) is 3.32. The fraction of sp³-hybridized carbons (Fsp3) is 1.00. The van der Waals surface area contributed by atoms with Crippen molar-refractivity contribution in [2.75, 3.05) is 39.4 Å². The molecule has 0 amide bonds. The maximum atomic E-state index is 5.62. The Kier molecular flexibility index (Phi) is 4.35. The van der Waals surface area contributed by atoms with Crippen LogP contribution in [0.25, 0.3) is 0 Å². The molecule has 0 aromatic rings. The van der Waals surface area contributed by atoms with E-state index in [1.165, 1.54) is 32.5 Å². The van der Waals surface area contributed by atoms with E-state index in [1.54, 1.807) is 0 Å². The number of nitrogens with zero attached hydrogens (tertiary/aromatic N) is 1. The molecule has 1 unspecified atom stereocenters. The van der Waals surface area contributed by atoms with Gasteiger partial charge in [-0.05, 0) is 51.1 Å². The molecule has 2 saturated heterocycles. The molecule has 0 bridgehead atoms. The lowest BCUT2D eigenvalue weighted by molar-refractivity contribution is -0.0721. The molecule has 0 aromatic carbocycles. The second-order valence-corrected chi connectivity index (χ2v) is 7.32. The Labute approximate surface area is 112 Å². The van der Waals surface area contributed by atoms with Gasteiger partial charge in [0.2, 0.25) is 0 Å². The van der Waals surface area contributed by atoms with Gasteiger partial charge in [0, 0.05) is 18.6 Å². The maximum Gasteiger partial charge on any atom is 0.0645 e. The second-order valence-electron chi connectivity index (χ2n) is 7.32. The van der Waals surface area contributed by atoms with E-state index in [-0.39, 0.29) is 5.54 Å². The summed E-state index contributed by atoms with van der Waals surface area (Å²) in [5, 5.41) is 3.56. The number of hydrogen-bond donors (Lipinski definition) is 1. The molecular weight excluding hydrogens is 224 g/mol. The zero-order valence-corrected chi connectivity index (χ0v) is 12.6. The predicted octanol–water partition coefficient (Wildman–Crippen LogP) is 2.12. The number of nitrogens with one attached hydrogen (secondary N) is 1. The Balaban J connectivity index is 1.97. The van der Waals surface area contributed by atoms with Crippen LogP contribution < -0.4 is 5.32 Å². The van der Waals surface area contributed by atoms with Gasteiger partial charge in [-0.3, -0.25) is 4.90 Å². The number of morpholine rings is 1. The van der Waals surface area contributed by atoms with E-state index in [1.807, 2.05) is 0 Å². The molecule has 106 valence electrons. The van der Waals surface area contributed by atoms with Crippen LogP contribution in [0.1, 0.15) is 40.5 Å². The molecule has 2 rings (SSSR count). The third kappa shape index (κ3) is 3.25. The highest BCUT2D eigenvalue weighted by Crippen LogP contribution is 2.35. The Hall–Kier alpha value is -0.120. The van der Waals surface area contributed by atoms with Gasteiger partial charge in [-0.25, -0.2) is 0 Å². The molecule has 0 spiro atoms. The first-order valence-electron chi connectivity index (χ1n) is 7.45. The van der Waals surface area contributed by atoms with Crippen molar-refractivity contribution in [3.8, 4) is 0 Å². The molecule has 18 heavy (non-hydrogen) atoms. The monoisotopic (exact) mass is 254 g/mol. The molecule has 3 heteroatoms. The SMILES string of the molecule is CC(C)(CN1CCOCC1(C)C)C1CCCNC1. The third-order valence-corrected chi connectivity index (χ3v) is 4.82. The van der Waals surface area contributed by atoms with Crippen molar-refractivity contribution < 1.29 is 4.74 Å². The minimum atomic E-state index is 0.192. The molecule has 2 aliphatic rings. The summed E-state index contributed by atoms with van der Waals surface area (Å²) >= 11 is 0. The summed E-state index contributed by atoms with van der Waals surface area (Å²) in [7, 11) is 0. The molecule has 2 aliphatic heterocycles. The van der Waals surface area contributed by atoms with Crippen LogP contribution in [0.5, 0.6) is 0 Å². The Bertz CT molecular complexity index is 270. The highest BCUT2D eigenvalue weighted by molar-refractivity contribution is 4.91. The van der Waals surface area contributed by atoms with Crippen molar-refractivity contribution in [2.24, 2.45) is 11.3 Å². The molecule has 1 atom stereocenters. The summed E-state index contributed by atoms with van der Waals surface area (Å²) in [6, 6.07) is 0. The fourth-order valence-electron chi connectivity index (χ4n) is 3.32. The van der Waals surface area contributed by atoms with Crippen LogP contribution in [-0.4, -0.2) is 49.8 Å². The number of rotatable bonds is 3. The summed E-state index contributed by atoms with van der Waals surface area (Å²) < 4.78 is 5.62. The molecule has 0 saturated carbocycles. The van der Waals surface area contributed by atoms with Gasteiger partial charge < -0.3 is 10.1 Å². The number of piperidine rings is 1. The molecule has 0 aromatic heterocycles. The van der Waals surface area contributed by atoms with Gasteiger partial charge in [-0.2, -0.15) is 0 Å². The van der Waals surface area contributed by atoms with Gasteiger partial charge in [-0.1, -0.05) is 13.8 Å². The van der Waals surface area contributed by atoms with Crippen molar-refractivity contribution >= 4 is 0 Å². The first-order chi connectivity index (χ1) is 8.42. The van der Waals surface area contributed by atoms with Gasteiger partial charge in [0.15, 0.2) is 0 Å². The van der Waals surface area contributed by atoms with Gasteiger partial charge >= 0.3 is 0 Å². The summed E-state index contributed by atoms with van der Waals surface area (Å²) in [5.41, 5.74) is 0.583. The summed E-state index contributed by atoms with van der Waals surface area (Å²) in [6.07, 6.45) is 2.71. The molecule has 0 aliphatic carbocycles. The average Bonchev–Trinajstić information content (AvgIpc) is 2.33. The van der Waals surface area contributed by atoms with Crippen LogP contribution in [0.2, 0.25) is 0 Å². The lowest BCUT2D eigenvalue weighted by Gasteiger charge is -2.48. The van der Waals surface area contributed by atoms with Crippen molar-refractivity contribution in [2.45, 2.75) is 46.1 Å². The standard InChI is InChI=1S/C15H30N2O/c1-14(2,13-6-5-7-16-10-13)11-17-8-9-18-12-15(17,3)4/h13,16H,5-12H2,1-4H3. The third-order valence-electron chi connectivity index (χ3n) is 4.82. The Morgan fingerprint density at radius 1 is 1.39 bits per heavy atom. The van der Waals surface area contributed by atoms with Crippen molar-refractivity contribution in [1.29, 1.82) is 0 Å². The van der Waals surface area contributed by atoms with Crippen molar-refractivity contribution in [3.05, 3.63) is 0 Å². The maximum absolute atomic E-state index is 5.62. The van der Waals surface area contributed by atoms with E-state index < -0.39 is 0 Å². The van der Waals surface area contributed by atoms with Gasteiger partial charge in [0.25, 0.3) is 0 Å². The topological polar surface area (TPSA) is 24.5 Å². The zero-order chi connectivity index (χ0) is 13.2. The second kappa shape index (κ2) is 5.48. The van der Waals surface area contributed by atoms with E-state index in [4.69, 9.17) is 4.74 Å². The van der Waals surface area contributed by atoms with E-state index in [9.17, 15) is 0 Å². The lowest BCUT2D eigenvalue weighted by Crippen LogP contribution is -2.57. The van der Waals surface area contributed by atoms with E-state index in [2.05, 4.69) is 37.9 Å². The molecule has 2 heterocycles. The van der Waals surface area contributed by atoms with E-state index in [0.717, 1.165) is 25.7 Å². The summed E-state index contributed by atoms with van der Waals surface area (Å²) in [6.45, 7) is 15.9. The number of ether oxygens (including phenoxy) is 1. The molecule has 2 fully saturated rings. The van der Waals surface area contributed by atoms with Crippen molar-refractivity contribution in [3.63, 3.8) is 0 Å². The van der Waals surface area contributed by atoms with Gasteiger partial charge in [0.05, 0.1) is 13.2 Å². The average molecular weight is 254 g/mol. The zero-order valence-electron chi connectivity index (χ0n) is 12.6. The van der Waals surface area contributed by atoms with Crippen molar-refractivity contribution in [1.82, 2.24) is 10.2 Å². The summed E-state index contributed by atoms with van der Waals surface area (Å²) in [5.74, 6) is 0.810. The highest BCUT2D eigenvalue weighted by Gasteiger charge is 2.38. The molecular formula is C15H30N2O. The van der Waals surface area contributed by atoms with Crippen LogP contribution in [0, 0.1) is 11.3 Å².